The number of nitrogens with one attached hydrogen (secondary N) is 1. The van der Waals surface area contributed by atoms with E-state index in [-0.39, 0.29) is 6.04 Å². The minimum atomic E-state index is -3.32. The molecule has 0 aromatic carbocycles. The van der Waals surface area contributed by atoms with E-state index in [1.54, 1.807) is 10.4 Å². The average molecular weight is 329 g/mol. The summed E-state index contributed by atoms with van der Waals surface area (Å²) >= 11 is 1.41. The van der Waals surface area contributed by atoms with Crippen LogP contribution in [0.4, 0.5) is 0 Å². The van der Waals surface area contributed by atoms with Gasteiger partial charge in [-0.05, 0) is 50.7 Å². The highest BCUT2D eigenvalue weighted by Crippen LogP contribution is 2.32. The van der Waals surface area contributed by atoms with Gasteiger partial charge in [0.05, 0.1) is 0 Å². The fourth-order valence-electron chi connectivity index (χ4n) is 2.88. The van der Waals surface area contributed by atoms with Crippen molar-refractivity contribution in [3.63, 3.8) is 0 Å². The Balaban J connectivity index is 1.74. The Labute approximate surface area is 131 Å². The predicted molar refractivity (Wildman–Crippen MR) is 85.9 cm³/mol. The lowest BCUT2D eigenvalue weighted by Crippen LogP contribution is -2.45. The van der Waals surface area contributed by atoms with Gasteiger partial charge in [0.15, 0.2) is 0 Å². The molecule has 118 valence electrons. The van der Waals surface area contributed by atoms with Crippen LogP contribution >= 0.6 is 11.3 Å². The molecule has 1 N–H and O–H groups in total. The molecule has 1 aromatic rings. The lowest BCUT2D eigenvalue weighted by Gasteiger charge is -2.36. The maximum atomic E-state index is 12.8. The number of hydrogen-bond acceptors (Lipinski definition) is 4. The second-order valence-electron chi connectivity index (χ2n) is 6.35. The van der Waals surface area contributed by atoms with E-state index in [2.05, 4.69) is 12.2 Å². The molecule has 2 aliphatic rings. The molecular formula is C15H24N2O2S2. The van der Waals surface area contributed by atoms with Crippen molar-refractivity contribution in [2.45, 2.75) is 62.4 Å². The highest BCUT2D eigenvalue weighted by Gasteiger charge is 2.35. The SMILES string of the molecule is CC1CCCN(S(=O)(=O)c2ccc(CNC3CC3)s2)C1C. The standard InChI is InChI=1S/C15H24N2O2S2/c1-11-4-3-9-17(12(11)2)21(18,19)15-8-7-14(20-15)10-16-13-5-6-13/h7-8,11-13,16H,3-6,9-10H2,1-2H3. The zero-order chi connectivity index (χ0) is 15.0. The van der Waals surface area contributed by atoms with Gasteiger partial charge in [-0.3, -0.25) is 0 Å². The summed E-state index contributed by atoms with van der Waals surface area (Å²) in [6.45, 7) is 5.62. The van der Waals surface area contributed by atoms with Crippen LogP contribution in [0.15, 0.2) is 16.3 Å². The first-order valence-corrected chi connectivity index (χ1v) is 10.1. The molecule has 1 saturated carbocycles. The molecule has 2 unspecified atom stereocenters. The molecule has 6 heteroatoms. The zero-order valence-corrected chi connectivity index (χ0v) is 14.3. The summed E-state index contributed by atoms with van der Waals surface area (Å²) in [5.41, 5.74) is 0. The summed E-state index contributed by atoms with van der Waals surface area (Å²) < 4.78 is 27.8. The van der Waals surface area contributed by atoms with Gasteiger partial charge in [-0.2, -0.15) is 4.31 Å². The van der Waals surface area contributed by atoms with Gasteiger partial charge in [-0.25, -0.2) is 8.42 Å². The Morgan fingerprint density at radius 1 is 1.29 bits per heavy atom. The van der Waals surface area contributed by atoms with Crippen molar-refractivity contribution in [3.05, 3.63) is 17.0 Å². The monoisotopic (exact) mass is 328 g/mol. The number of sulfonamides is 1. The van der Waals surface area contributed by atoms with Gasteiger partial charge in [0, 0.05) is 30.1 Å². The Kier molecular flexibility index (Phi) is 4.41. The fourth-order valence-corrected chi connectivity index (χ4v) is 6.08. The number of piperidine rings is 1. The first kappa shape index (κ1) is 15.5. The van der Waals surface area contributed by atoms with Gasteiger partial charge in [0.25, 0.3) is 10.0 Å². The first-order chi connectivity index (χ1) is 9.98. The normalized spacial score (nSPS) is 27.9. The molecule has 1 aliphatic heterocycles. The molecule has 0 bridgehead atoms. The second-order valence-corrected chi connectivity index (χ2v) is 9.64. The van der Waals surface area contributed by atoms with E-state index in [0.29, 0.717) is 22.7 Å². The summed E-state index contributed by atoms with van der Waals surface area (Å²) in [6, 6.07) is 4.47. The molecular weight excluding hydrogens is 304 g/mol. The molecule has 0 spiro atoms. The van der Waals surface area contributed by atoms with Crippen LogP contribution in [0.3, 0.4) is 0 Å². The minimum Gasteiger partial charge on any atom is -0.309 e. The smallest absolute Gasteiger partial charge is 0.252 e. The van der Waals surface area contributed by atoms with Crippen molar-refractivity contribution >= 4 is 21.4 Å². The molecule has 1 aromatic heterocycles. The number of rotatable bonds is 5. The van der Waals surface area contributed by atoms with Gasteiger partial charge in [-0.15, -0.1) is 11.3 Å². The van der Waals surface area contributed by atoms with Gasteiger partial charge < -0.3 is 5.32 Å². The highest BCUT2D eigenvalue weighted by molar-refractivity contribution is 7.91. The number of nitrogens with zero attached hydrogens (tertiary/aromatic N) is 1. The Morgan fingerprint density at radius 3 is 2.76 bits per heavy atom. The lowest BCUT2D eigenvalue weighted by molar-refractivity contribution is 0.202. The molecule has 1 saturated heterocycles. The van der Waals surface area contributed by atoms with Crippen molar-refractivity contribution in [1.82, 2.24) is 9.62 Å². The second kappa shape index (κ2) is 5.99. The topological polar surface area (TPSA) is 49.4 Å². The molecule has 3 rings (SSSR count). The van der Waals surface area contributed by atoms with Gasteiger partial charge >= 0.3 is 0 Å². The predicted octanol–water partition coefficient (Wildman–Crippen LogP) is 2.81. The largest absolute Gasteiger partial charge is 0.309 e. The van der Waals surface area contributed by atoms with E-state index in [1.165, 1.54) is 24.2 Å². The van der Waals surface area contributed by atoms with Gasteiger partial charge in [-0.1, -0.05) is 6.92 Å². The van der Waals surface area contributed by atoms with Crippen LogP contribution in [0.1, 0.15) is 44.4 Å². The zero-order valence-electron chi connectivity index (χ0n) is 12.7. The molecule has 2 fully saturated rings. The van der Waals surface area contributed by atoms with Crippen LogP contribution < -0.4 is 5.32 Å². The summed E-state index contributed by atoms with van der Waals surface area (Å²) in [5.74, 6) is 0.435. The van der Waals surface area contributed by atoms with Crippen LogP contribution in [0.5, 0.6) is 0 Å². The molecule has 2 heterocycles. The van der Waals surface area contributed by atoms with E-state index in [9.17, 15) is 8.42 Å². The summed E-state index contributed by atoms with van der Waals surface area (Å²) in [6.07, 6.45) is 4.58. The Morgan fingerprint density at radius 2 is 2.05 bits per heavy atom. The fraction of sp³-hybridized carbons (Fsp3) is 0.733. The van der Waals surface area contributed by atoms with Gasteiger partial charge in [0.1, 0.15) is 4.21 Å². The lowest BCUT2D eigenvalue weighted by atomic mass is 9.94. The molecule has 21 heavy (non-hydrogen) atoms. The summed E-state index contributed by atoms with van der Waals surface area (Å²) in [4.78, 5) is 1.11. The van der Waals surface area contributed by atoms with Crippen LogP contribution in [-0.4, -0.2) is 31.4 Å². The highest BCUT2D eigenvalue weighted by atomic mass is 32.2. The average Bonchev–Trinajstić information content (AvgIpc) is 3.15. The van der Waals surface area contributed by atoms with Crippen molar-refractivity contribution < 1.29 is 8.42 Å². The molecule has 2 atom stereocenters. The third kappa shape index (κ3) is 3.33. The van der Waals surface area contributed by atoms with Crippen molar-refractivity contribution in [1.29, 1.82) is 0 Å². The number of thiophene rings is 1. The Hall–Kier alpha value is -0.430. The van der Waals surface area contributed by atoms with Crippen molar-refractivity contribution in [2.75, 3.05) is 6.54 Å². The molecule has 4 nitrogen and oxygen atoms in total. The van der Waals surface area contributed by atoms with E-state index in [0.717, 1.165) is 24.3 Å². The Bertz CT molecular complexity index is 593. The van der Waals surface area contributed by atoms with E-state index < -0.39 is 10.0 Å². The quantitative estimate of drug-likeness (QED) is 0.904. The summed E-state index contributed by atoms with van der Waals surface area (Å²) in [7, 11) is -3.32. The maximum absolute atomic E-state index is 12.8. The van der Waals surface area contributed by atoms with Crippen LogP contribution in [0.25, 0.3) is 0 Å². The maximum Gasteiger partial charge on any atom is 0.252 e. The van der Waals surface area contributed by atoms with Crippen LogP contribution in [-0.2, 0) is 16.6 Å². The summed E-state index contributed by atoms with van der Waals surface area (Å²) in [5, 5.41) is 3.44. The van der Waals surface area contributed by atoms with Crippen molar-refractivity contribution in [2.24, 2.45) is 5.92 Å². The third-order valence-corrected chi connectivity index (χ3v) is 8.20. The molecule has 1 aliphatic carbocycles. The minimum absolute atomic E-state index is 0.0962. The van der Waals surface area contributed by atoms with Gasteiger partial charge in [0.2, 0.25) is 0 Å². The van der Waals surface area contributed by atoms with E-state index in [4.69, 9.17) is 0 Å². The van der Waals surface area contributed by atoms with E-state index in [1.807, 2.05) is 13.0 Å². The molecule has 0 amide bonds. The van der Waals surface area contributed by atoms with Crippen LogP contribution in [0.2, 0.25) is 0 Å². The van der Waals surface area contributed by atoms with E-state index >= 15 is 0 Å². The number of hydrogen-bond donors (Lipinski definition) is 1. The van der Waals surface area contributed by atoms with Crippen LogP contribution in [0, 0.1) is 5.92 Å². The van der Waals surface area contributed by atoms with Crippen molar-refractivity contribution in [3.8, 4) is 0 Å². The first-order valence-electron chi connectivity index (χ1n) is 7.82. The molecule has 0 radical (unpaired) electrons. The third-order valence-electron chi connectivity index (χ3n) is 4.66.